The minimum absolute atomic E-state index is 0.104. The molecule has 12 heteroatoms. The van der Waals surface area contributed by atoms with Crippen molar-refractivity contribution in [1.29, 1.82) is 0 Å². The van der Waals surface area contributed by atoms with E-state index in [4.69, 9.17) is 8.92 Å². The molecule has 0 bridgehead atoms. The zero-order valence-corrected chi connectivity index (χ0v) is 19.6. The number of nitro groups is 1. The van der Waals surface area contributed by atoms with E-state index >= 15 is 0 Å². The summed E-state index contributed by atoms with van der Waals surface area (Å²) in [6, 6.07) is 16.4. The van der Waals surface area contributed by atoms with Gasteiger partial charge in [0, 0.05) is 12.1 Å². The molecule has 3 aromatic carbocycles. The van der Waals surface area contributed by atoms with Crippen molar-refractivity contribution in [3.05, 3.63) is 97.3 Å². The van der Waals surface area contributed by atoms with Crippen molar-refractivity contribution in [1.82, 2.24) is 9.38 Å². The molecule has 0 atom stereocenters. The number of hydrogen-bond acceptors (Lipinski definition) is 9. The third-order valence-electron chi connectivity index (χ3n) is 5.15. The maximum Gasteiger partial charge on any atom is 0.339 e. The van der Waals surface area contributed by atoms with Gasteiger partial charge in [-0.2, -0.15) is 8.42 Å². The summed E-state index contributed by atoms with van der Waals surface area (Å²) in [5, 5.41) is 11.0. The van der Waals surface area contributed by atoms with E-state index in [9.17, 15) is 23.3 Å². The Bertz CT molecular complexity index is 1840. The number of imidazole rings is 1. The third kappa shape index (κ3) is 4.09. The predicted octanol–water partition coefficient (Wildman–Crippen LogP) is 3.14. The quantitative estimate of drug-likeness (QED) is 0.194. The molecule has 5 aromatic rings. The summed E-state index contributed by atoms with van der Waals surface area (Å²) >= 11 is 1.23. The summed E-state index contributed by atoms with van der Waals surface area (Å²) in [5.74, 6) is -0.00234. The van der Waals surface area contributed by atoms with Crippen molar-refractivity contribution in [3.63, 3.8) is 0 Å². The molecule has 10 nitrogen and oxygen atoms in total. The second-order valence-electron chi connectivity index (χ2n) is 7.34. The number of non-ortho nitro benzene ring substituents is 1. The minimum atomic E-state index is -4.37. The monoisotopic (exact) mass is 509 g/mol. The van der Waals surface area contributed by atoms with Crippen LogP contribution >= 0.6 is 11.3 Å². The summed E-state index contributed by atoms with van der Waals surface area (Å²) in [4.78, 5) is 27.9. The molecular formula is C23H15N3O7S2. The molecule has 5 rings (SSSR count). The van der Waals surface area contributed by atoms with E-state index in [1.165, 1.54) is 48.8 Å². The van der Waals surface area contributed by atoms with Crippen molar-refractivity contribution >= 4 is 49.2 Å². The Morgan fingerprint density at radius 1 is 1.06 bits per heavy atom. The zero-order chi connectivity index (χ0) is 24.7. The fourth-order valence-electron chi connectivity index (χ4n) is 3.53. The first-order valence-corrected chi connectivity index (χ1v) is 12.3. The molecule has 2 heterocycles. The van der Waals surface area contributed by atoms with Crippen LogP contribution in [0.2, 0.25) is 0 Å². The third-order valence-corrected chi connectivity index (χ3v) is 7.35. The molecule has 0 radical (unpaired) electrons. The standard InChI is InChI=1S/C23H15N3O7S2/c1-32-20-11-14(12-21-22(27)25-18-8-3-2-7-17(18)24-23(25)34-21)9-10-19(20)33-35(30,31)16-6-4-5-15(13-16)26(28)29/h2-13H,1H3/b21-12+. The molecule has 0 aliphatic rings. The van der Waals surface area contributed by atoms with Gasteiger partial charge in [-0.05, 0) is 42.0 Å². The smallest absolute Gasteiger partial charge is 0.339 e. The SMILES string of the molecule is COc1cc(/C=c2/sc3nc4ccccc4n3c2=O)ccc1OS(=O)(=O)c1cccc([N+](=O)[O-])c1. The fraction of sp³-hybridized carbons (Fsp3) is 0.0435. The number of hydrogen-bond donors (Lipinski definition) is 0. The highest BCUT2D eigenvalue weighted by Crippen LogP contribution is 2.31. The number of thiazole rings is 1. The van der Waals surface area contributed by atoms with Crippen LogP contribution in [-0.4, -0.2) is 29.8 Å². The topological polar surface area (TPSA) is 130 Å². The fourth-order valence-corrected chi connectivity index (χ4v) is 5.49. The van der Waals surface area contributed by atoms with E-state index in [0.29, 0.717) is 15.1 Å². The first-order valence-electron chi connectivity index (χ1n) is 10.1. The van der Waals surface area contributed by atoms with Gasteiger partial charge in [-0.1, -0.05) is 35.6 Å². The second-order valence-corrected chi connectivity index (χ2v) is 9.89. The molecule has 0 N–H and O–H groups in total. The van der Waals surface area contributed by atoms with E-state index in [1.54, 1.807) is 16.5 Å². The summed E-state index contributed by atoms with van der Waals surface area (Å²) in [6.07, 6.45) is 1.65. The van der Waals surface area contributed by atoms with Gasteiger partial charge >= 0.3 is 10.1 Å². The van der Waals surface area contributed by atoms with Crippen LogP contribution in [0.15, 0.2) is 76.4 Å². The average molecular weight is 510 g/mol. The molecule has 0 aliphatic heterocycles. The van der Waals surface area contributed by atoms with Crippen molar-refractivity contribution in [2.75, 3.05) is 7.11 Å². The summed E-state index contributed by atoms with van der Waals surface area (Å²) in [5.41, 5.74) is 1.43. The summed E-state index contributed by atoms with van der Waals surface area (Å²) < 4.78 is 37.8. The first kappa shape index (κ1) is 22.5. The molecule has 35 heavy (non-hydrogen) atoms. The Morgan fingerprint density at radius 2 is 1.86 bits per heavy atom. The van der Waals surface area contributed by atoms with Crippen molar-refractivity contribution in [3.8, 4) is 11.5 Å². The highest BCUT2D eigenvalue weighted by Gasteiger charge is 2.22. The Kier molecular flexibility index (Phi) is 5.46. The Labute approximate surface area is 201 Å². The Balaban J connectivity index is 1.51. The zero-order valence-electron chi connectivity index (χ0n) is 17.9. The number of rotatable bonds is 6. The molecule has 0 amide bonds. The number of methoxy groups -OCH3 is 1. The van der Waals surface area contributed by atoms with Crippen molar-refractivity contribution < 1.29 is 22.3 Å². The maximum absolute atomic E-state index is 13.0. The van der Waals surface area contributed by atoms with Crippen LogP contribution in [0.3, 0.4) is 0 Å². The molecule has 176 valence electrons. The van der Waals surface area contributed by atoms with Crippen LogP contribution < -0.4 is 19.0 Å². The van der Waals surface area contributed by atoms with Gasteiger partial charge in [0.15, 0.2) is 16.5 Å². The van der Waals surface area contributed by atoms with Gasteiger partial charge < -0.3 is 8.92 Å². The van der Waals surface area contributed by atoms with Crippen LogP contribution in [0.1, 0.15) is 5.56 Å². The summed E-state index contributed by atoms with van der Waals surface area (Å²) in [6.45, 7) is 0. The molecule has 0 saturated heterocycles. The van der Waals surface area contributed by atoms with Gasteiger partial charge in [-0.15, -0.1) is 0 Å². The van der Waals surface area contributed by atoms with Gasteiger partial charge in [-0.3, -0.25) is 14.9 Å². The van der Waals surface area contributed by atoms with Crippen LogP contribution in [0.4, 0.5) is 5.69 Å². The molecule has 0 aliphatic carbocycles. The lowest BCUT2D eigenvalue weighted by atomic mass is 10.2. The van der Waals surface area contributed by atoms with E-state index < -0.39 is 15.0 Å². The molecule has 0 fully saturated rings. The number of nitrogens with zero attached hydrogens (tertiary/aromatic N) is 3. The lowest BCUT2D eigenvalue weighted by Gasteiger charge is -2.11. The Morgan fingerprint density at radius 3 is 2.63 bits per heavy atom. The van der Waals surface area contributed by atoms with E-state index in [0.717, 1.165) is 17.1 Å². The van der Waals surface area contributed by atoms with Gasteiger partial charge in [0.25, 0.3) is 11.2 Å². The van der Waals surface area contributed by atoms with Crippen LogP contribution in [0, 0.1) is 10.1 Å². The number of fused-ring (bicyclic) bond motifs is 3. The van der Waals surface area contributed by atoms with Crippen LogP contribution in [0.25, 0.3) is 22.1 Å². The number of ether oxygens (including phenoxy) is 1. The van der Waals surface area contributed by atoms with Crippen molar-refractivity contribution in [2.45, 2.75) is 4.90 Å². The predicted molar refractivity (Wildman–Crippen MR) is 130 cm³/mol. The number of aromatic nitrogens is 2. The first-order chi connectivity index (χ1) is 16.8. The van der Waals surface area contributed by atoms with Crippen molar-refractivity contribution in [2.24, 2.45) is 0 Å². The lowest BCUT2D eigenvalue weighted by molar-refractivity contribution is -0.385. The maximum atomic E-state index is 13.0. The number of benzene rings is 3. The molecule has 0 saturated carbocycles. The minimum Gasteiger partial charge on any atom is -0.493 e. The molecule has 0 spiro atoms. The van der Waals surface area contributed by atoms with Gasteiger partial charge in [0.05, 0.1) is 27.6 Å². The van der Waals surface area contributed by atoms with Gasteiger partial charge in [-0.25, -0.2) is 9.38 Å². The van der Waals surface area contributed by atoms with E-state index in [1.807, 2.05) is 24.3 Å². The van der Waals surface area contributed by atoms with Gasteiger partial charge in [0.1, 0.15) is 4.90 Å². The molecule has 0 unspecified atom stereocenters. The van der Waals surface area contributed by atoms with E-state index in [2.05, 4.69) is 4.98 Å². The normalized spacial score (nSPS) is 12.3. The van der Waals surface area contributed by atoms with Gasteiger partial charge in [0.2, 0.25) is 0 Å². The largest absolute Gasteiger partial charge is 0.493 e. The number of nitro benzene ring substituents is 1. The average Bonchev–Trinajstić information content (AvgIpc) is 3.35. The summed E-state index contributed by atoms with van der Waals surface area (Å²) in [7, 11) is -3.02. The van der Waals surface area contributed by atoms with E-state index in [-0.39, 0.29) is 27.6 Å². The Hall–Kier alpha value is -4.29. The second kappa shape index (κ2) is 8.49. The highest BCUT2D eigenvalue weighted by atomic mass is 32.2. The highest BCUT2D eigenvalue weighted by molar-refractivity contribution is 7.87. The molecular weight excluding hydrogens is 494 g/mol. The lowest BCUT2D eigenvalue weighted by Crippen LogP contribution is -2.22. The molecule has 2 aromatic heterocycles. The number of para-hydroxylation sites is 2. The van der Waals surface area contributed by atoms with Crippen LogP contribution in [-0.2, 0) is 10.1 Å². The van der Waals surface area contributed by atoms with Crippen LogP contribution in [0.5, 0.6) is 11.5 Å².